The Balaban J connectivity index is 1.17. The van der Waals surface area contributed by atoms with Crippen LogP contribution in [0.4, 0.5) is 5.69 Å². The molecule has 0 radical (unpaired) electrons. The molecule has 49 heavy (non-hydrogen) atoms. The molecule has 0 aliphatic carbocycles. The molecule has 4 aromatic rings. The maximum atomic E-state index is 12.6. The molecule has 258 valence electrons. The van der Waals surface area contributed by atoms with Gasteiger partial charge in [0.05, 0.1) is 30.0 Å². The Labute approximate surface area is 291 Å². The third-order valence-electron chi connectivity index (χ3n) is 7.96. The molecule has 0 bridgehead atoms. The van der Waals surface area contributed by atoms with Gasteiger partial charge in [-0.25, -0.2) is 9.59 Å². The van der Waals surface area contributed by atoms with E-state index < -0.39 is 11.9 Å². The quantitative estimate of drug-likeness (QED) is 0.0382. The number of rotatable bonds is 21. The molecule has 0 atom stereocenters. The predicted octanol–water partition coefficient (Wildman–Crippen LogP) is 11.0. The van der Waals surface area contributed by atoms with E-state index in [1.807, 2.05) is 12.1 Å². The number of esters is 2. The summed E-state index contributed by atoms with van der Waals surface area (Å²) in [5.74, 6) is 1.50. The molecule has 0 fully saturated rings. The fraction of sp³-hybridized carbons (Fsp3) is 0.357. The lowest BCUT2D eigenvalue weighted by atomic mass is 10.1. The summed E-state index contributed by atoms with van der Waals surface area (Å²) in [5, 5.41) is 0. The summed E-state index contributed by atoms with van der Waals surface area (Å²) in [4.78, 5) is 29.8. The number of hydrogen-bond donors (Lipinski definition) is 0. The standard InChI is InChI=1S/C42H49NO6/c1-3-5-7-9-11-13-31-47-38-26-18-35(19-27-38)42(45)49-40-28-20-36(21-29-40)43-32-33-14-22-39(23-15-33)48-41(44)34-16-24-37(25-17-34)46-30-12-10-8-6-4-2/h14-29,32H,3-13,30-31H2,1-2H3. The Bertz CT molecular complexity index is 1560. The zero-order chi connectivity index (χ0) is 34.5. The van der Waals surface area contributed by atoms with Crippen molar-refractivity contribution in [3.63, 3.8) is 0 Å². The lowest BCUT2D eigenvalue weighted by molar-refractivity contribution is 0.0725. The van der Waals surface area contributed by atoms with Crippen molar-refractivity contribution in [3.8, 4) is 23.0 Å². The van der Waals surface area contributed by atoms with Gasteiger partial charge in [0.15, 0.2) is 0 Å². The summed E-state index contributed by atoms with van der Waals surface area (Å²) in [5.41, 5.74) is 2.45. The molecular formula is C42H49NO6. The number of carbonyl (C=O) groups excluding carboxylic acids is 2. The monoisotopic (exact) mass is 663 g/mol. The zero-order valence-corrected chi connectivity index (χ0v) is 28.9. The van der Waals surface area contributed by atoms with E-state index in [0.717, 1.165) is 29.9 Å². The Morgan fingerprint density at radius 1 is 0.490 bits per heavy atom. The van der Waals surface area contributed by atoms with E-state index in [0.29, 0.717) is 41.5 Å². The smallest absolute Gasteiger partial charge is 0.343 e. The Kier molecular flexibility index (Phi) is 15.9. The van der Waals surface area contributed by atoms with Crippen molar-refractivity contribution in [2.24, 2.45) is 4.99 Å². The number of hydrogen-bond acceptors (Lipinski definition) is 7. The molecule has 0 aliphatic heterocycles. The molecule has 0 N–H and O–H groups in total. The summed E-state index contributed by atoms with van der Waals surface area (Å²) in [6, 6.07) is 28.1. The summed E-state index contributed by atoms with van der Waals surface area (Å²) in [7, 11) is 0. The van der Waals surface area contributed by atoms with Gasteiger partial charge in [-0.1, -0.05) is 71.6 Å². The van der Waals surface area contributed by atoms with Crippen molar-refractivity contribution in [3.05, 3.63) is 114 Å². The van der Waals surface area contributed by atoms with E-state index in [-0.39, 0.29) is 0 Å². The molecule has 0 heterocycles. The summed E-state index contributed by atoms with van der Waals surface area (Å²) < 4.78 is 22.7. The van der Waals surface area contributed by atoms with Crippen LogP contribution in [0.15, 0.2) is 102 Å². The topological polar surface area (TPSA) is 83.4 Å². The van der Waals surface area contributed by atoms with Crippen LogP contribution in [0.25, 0.3) is 0 Å². The maximum absolute atomic E-state index is 12.6. The van der Waals surface area contributed by atoms with E-state index in [9.17, 15) is 9.59 Å². The van der Waals surface area contributed by atoms with Crippen molar-refractivity contribution in [2.45, 2.75) is 84.5 Å². The number of aliphatic imine (C=N–C) groups is 1. The minimum absolute atomic E-state index is 0.429. The van der Waals surface area contributed by atoms with Crippen LogP contribution >= 0.6 is 0 Å². The van der Waals surface area contributed by atoms with Crippen molar-refractivity contribution in [1.82, 2.24) is 0 Å². The van der Waals surface area contributed by atoms with Crippen LogP contribution in [0, 0.1) is 0 Å². The SMILES string of the molecule is CCCCCCCCOc1ccc(C(=O)Oc2ccc(N=Cc3ccc(OC(=O)c4ccc(OCCCCCCC)cc4)cc3)cc2)cc1. The van der Waals surface area contributed by atoms with E-state index in [1.54, 1.807) is 91.1 Å². The highest BCUT2D eigenvalue weighted by Crippen LogP contribution is 2.22. The first kappa shape index (κ1) is 36.9. The molecule has 4 rings (SSSR count). The number of nitrogens with zero attached hydrogens (tertiary/aromatic N) is 1. The molecule has 0 amide bonds. The number of ether oxygens (including phenoxy) is 4. The largest absolute Gasteiger partial charge is 0.494 e. The molecule has 7 heteroatoms. The van der Waals surface area contributed by atoms with E-state index in [4.69, 9.17) is 18.9 Å². The van der Waals surface area contributed by atoms with Crippen molar-refractivity contribution in [1.29, 1.82) is 0 Å². The first-order chi connectivity index (χ1) is 24.0. The predicted molar refractivity (Wildman–Crippen MR) is 196 cm³/mol. The fourth-order valence-corrected chi connectivity index (χ4v) is 5.05. The van der Waals surface area contributed by atoms with E-state index in [2.05, 4.69) is 18.8 Å². The maximum Gasteiger partial charge on any atom is 0.343 e. The fourth-order valence-electron chi connectivity index (χ4n) is 5.05. The third kappa shape index (κ3) is 13.6. The highest BCUT2D eigenvalue weighted by atomic mass is 16.5. The second-order valence-electron chi connectivity index (χ2n) is 12.0. The van der Waals surface area contributed by atoms with Gasteiger partial charge in [-0.3, -0.25) is 4.99 Å². The van der Waals surface area contributed by atoms with Crippen LogP contribution in [-0.2, 0) is 0 Å². The van der Waals surface area contributed by atoms with Gasteiger partial charge < -0.3 is 18.9 Å². The van der Waals surface area contributed by atoms with Gasteiger partial charge in [0.1, 0.15) is 23.0 Å². The first-order valence-electron chi connectivity index (χ1n) is 17.7. The van der Waals surface area contributed by atoms with Gasteiger partial charge in [0.2, 0.25) is 0 Å². The van der Waals surface area contributed by atoms with E-state index in [1.165, 1.54) is 57.8 Å². The highest BCUT2D eigenvalue weighted by molar-refractivity contribution is 5.92. The van der Waals surface area contributed by atoms with Crippen molar-refractivity contribution >= 4 is 23.8 Å². The molecule has 0 saturated heterocycles. The Morgan fingerprint density at radius 3 is 1.33 bits per heavy atom. The second kappa shape index (κ2) is 21.1. The first-order valence-corrected chi connectivity index (χ1v) is 17.7. The molecule has 7 nitrogen and oxygen atoms in total. The summed E-state index contributed by atoms with van der Waals surface area (Å²) >= 11 is 0. The molecule has 0 spiro atoms. The van der Waals surface area contributed by atoms with Crippen LogP contribution in [0.2, 0.25) is 0 Å². The average molecular weight is 664 g/mol. The number of benzene rings is 4. The molecule has 0 saturated carbocycles. The van der Waals surface area contributed by atoms with Gasteiger partial charge in [-0.2, -0.15) is 0 Å². The Hall–Kier alpha value is -4.91. The summed E-state index contributed by atoms with van der Waals surface area (Å²) in [6.45, 7) is 5.77. The summed E-state index contributed by atoms with van der Waals surface area (Å²) in [6.07, 6.45) is 14.9. The molecule has 0 unspecified atom stereocenters. The van der Waals surface area contributed by atoms with Crippen LogP contribution in [0.1, 0.15) is 111 Å². The van der Waals surface area contributed by atoms with Crippen molar-refractivity contribution in [2.75, 3.05) is 13.2 Å². The van der Waals surface area contributed by atoms with Gasteiger partial charge in [-0.05, 0) is 115 Å². The van der Waals surface area contributed by atoms with Gasteiger partial charge >= 0.3 is 11.9 Å². The zero-order valence-electron chi connectivity index (χ0n) is 28.9. The average Bonchev–Trinajstić information content (AvgIpc) is 3.13. The number of unbranched alkanes of at least 4 members (excludes halogenated alkanes) is 9. The minimum atomic E-state index is -0.436. The van der Waals surface area contributed by atoms with Gasteiger partial charge in [0, 0.05) is 6.21 Å². The number of carbonyl (C=O) groups is 2. The molecular weight excluding hydrogens is 614 g/mol. The van der Waals surface area contributed by atoms with E-state index >= 15 is 0 Å². The molecule has 0 aliphatic rings. The molecule has 0 aromatic heterocycles. The second-order valence-corrected chi connectivity index (χ2v) is 12.0. The molecule has 4 aromatic carbocycles. The van der Waals surface area contributed by atoms with Crippen LogP contribution in [-0.4, -0.2) is 31.4 Å². The Morgan fingerprint density at radius 2 is 0.878 bits per heavy atom. The van der Waals surface area contributed by atoms with Crippen LogP contribution in [0.5, 0.6) is 23.0 Å². The minimum Gasteiger partial charge on any atom is -0.494 e. The van der Waals surface area contributed by atoms with Gasteiger partial charge in [-0.15, -0.1) is 0 Å². The van der Waals surface area contributed by atoms with Crippen molar-refractivity contribution < 1.29 is 28.5 Å². The lowest BCUT2D eigenvalue weighted by Crippen LogP contribution is -2.08. The highest BCUT2D eigenvalue weighted by Gasteiger charge is 2.10. The van der Waals surface area contributed by atoms with Crippen LogP contribution in [0.3, 0.4) is 0 Å². The lowest BCUT2D eigenvalue weighted by Gasteiger charge is -2.08. The van der Waals surface area contributed by atoms with Gasteiger partial charge in [0.25, 0.3) is 0 Å². The van der Waals surface area contributed by atoms with Crippen LogP contribution < -0.4 is 18.9 Å². The third-order valence-corrected chi connectivity index (χ3v) is 7.96. The normalized spacial score (nSPS) is 11.0.